The highest BCUT2D eigenvalue weighted by molar-refractivity contribution is 8.00. The smallest absolute Gasteiger partial charge is 0.416 e. The van der Waals surface area contributed by atoms with E-state index in [0.717, 1.165) is 46.2 Å². The van der Waals surface area contributed by atoms with Gasteiger partial charge >= 0.3 is 11.0 Å². The van der Waals surface area contributed by atoms with E-state index in [1.165, 1.54) is 29.9 Å². The van der Waals surface area contributed by atoms with Gasteiger partial charge in [-0.1, -0.05) is 70.6 Å². The van der Waals surface area contributed by atoms with Crippen LogP contribution < -0.4 is 19.8 Å². The van der Waals surface area contributed by atoms with Gasteiger partial charge in [0.15, 0.2) is 0 Å². The number of carbonyl (C=O) groups excluding carboxylic acids is 3. The van der Waals surface area contributed by atoms with Gasteiger partial charge in [0.1, 0.15) is 17.5 Å². The number of hydrogen-bond donors (Lipinski definition) is 1. The molecule has 2 aliphatic heterocycles. The zero-order valence-electron chi connectivity index (χ0n) is 22.9. The molecule has 1 aromatic heterocycles. The van der Waals surface area contributed by atoms with E-state index in [1.54, 1.807) is 30.3 Å². The third kappa shape index (κ3) is 5.62. The van der Waals surface area contributed by atoms with Gasteiger partial charge in [-0.25, -0.2) is 4.90 Å². The molecule has 3 aromatic carbocycles. The van der Waals surface area contributed by atoms with E-state index in [9.17, 15) is 32.3 Å². The largest absolute Gasteiger partial charge is 0.496 e. The lowest BCUT2D eigenvalue weighted by Gasteiger charge is -2.31. The third-order valence-corrected chi connectivity index (χ3v) is 10.8. The van der Waals surface area contributed by atoms with Crippen molar-refractivity contribution in [2.45, 2.75) is 28.9 Å². The van der Waals surface area contributed by atoms with Crippen molar-refractivity contribution in [1.82, 2.24) is 4.57 Å². The molecule has 3 unspecified atom stereocenters. The lowest BCUT2D eigenvalue weighted by atomic mass is 9.82. The summed E-state index contributed by atoms with van der Waals surface area (Å²) in [6.45, 7) is -0.423. The average Bonchev–Trinajstić information content (AvgIpc) is 3.44. The van der Waals surface area contributed by atoms with Gasteiger partial charge in [-0.3, -0.25) is 23.7 Å². The minimum atomic E-state index is -4.69. The van der Waals surface area contributed by atoms with Crippen molar-refractivity contribution in [2.75, 3.05) is 17.3 Å². The molecular weight excluding hydrogens is 674 g/mol. The minimum Gasteiger partial charge on any atom is -0.496 e. The Bertz CT molecular complexity index is 1930. The molecule has 45 heavy (non-hydrogen) atoms. The molecule has 0 saturated carbocycles. The van der Waals surface area contributed by atoms with Gasteiger partial charge in [0, 0.05) is 22.0 Å². The van der Waals surface area contributed by atoms with Crippen LogP contribution in [0.1, 0.15) is 21.9 Å². The fourth-order valence-corrected chi connectivity index (χ4v) is 8.57. The Kier molecular flexibility index (Phi) is 8.23. The first-order valence-electron chi connectivity index (χ1n) is 13.2. The van der Waals surface area contributed by atoms with Crippen molar-refractivity contribution in [2.24, 2.45) is 5.92 Å². The van der Waals surface area contributed by atoms with Gasteiger partial charge in [0.2, 0.25) is 17.7 Å². The summed E-state index contributed by atoms with van der Waals surface area (Å²) < 4.78 is 47.4. The van der Waals surface area contributed by atoms with Gasteiger partial charge in [-0.15, -0.1) is 0 Å². The fourth-order valence-electron chi connectivity index (χ4n) is 5.51. The number of nitrogens with zero attached hydrogens (tertiary/aromatic N) is 2. The van der Waals surface area contributed by atoms with Crippen LogP contribution in [0.5, 0.6) is 5.75 Å². The highest BCUT2D eigenvalue weighted by Gasteiger charge is 2.57. The molecule has 3 heterocycles. The van der Waals surface area contributed by atoms with Crippen LogP contribution in [0.2, 0.25) is 10.0 Å². The molecular formula is C30H20Cl2F3N3O5S2. The molecule has 8 nitrogen and oxygen atoms in total. The van der Waals surface area contributed by atoms with Crippen molar-refractivity contribution in [3.8, 4) is 5.75 Å². The maximum atomic E-state index is 14.0. The molecule has 1 fully saturated rings. The van der Waals surface area contributed by atoms with Crippen LogP contribution in [0, 0.1) is 5.92 Å². The van der Waals surface area contributed by atoms with E-state index in [-0.39, 0.29) is 10.7 Å². The number of hydrogen-bond acceptors (Lipinski definition) is 7. The quantitative estimate of drug-likeness (QED) is 0.227. The summed E-state index contributed by atoms with van der Waals surface area (Å²) in [6, 6.07) is 15.3. The number of alkyl halides is 3. The minimum absolute atomic E-state index is 0.213. The molecule has 0 aliphatic carbocycles. The molecule has 6 rings (SSSR count). The second-order valence-corrected chi connectivity index (χ2v) is 13.1. The van der Waals surface area contributed by atoms with Crippen LogP contribution in [0.15, 0.2) is 76.6 Å². The van der Waals surface area contributed by atoms with Gasteiger partial charge in [0.05, 0.1) is 39.3 Å². The molecule has 0 bridgehead atoms. The predicted octanol–water partition coefficient (Wildman–Crippen LogP) is 6.68. The second-order valence-electron chi connectivity index (χ2n) is 10.1. The number of thioether (sulfide) groups is 1. The number of nitrogens with one attached hydrogen (secondary N) is 1. The normalized spacial score (nSPS) is 19.3. The van der Waals surface area contributed by atoms with Crippen LogP contribution in [-0.2, 0) is 27.1 Å². The summed E-state index contributed by atoms with van der Waals surface area (Å²) in [6.07, 6.45) is -4.69. The summed E-state index contributed by atoms with van der Waals surface area (Å²) in [4.78, 5) is 55.1. The summed E-state index contributed by atoms with van der Waals surface area (Å²) in [7, 11) is 1.44. The number of rotatable bonds is 6. The van der Waals surface area contributed by atoms with Gasteiger partial charge in [-0.2, -0.15) is 13.2 Å². The van der Waals surface area contributed by atoms with Crippen molar-refractivity contribution in [1.29, 1.82) is 0 Å². The summed E-state index contributed by atoms with van der Waals surface area (Å²) in [5.74, 6) is -3.55. The van der Waals surface area contributed by atoms with Crippen molar-refractivity contribution < 1.29 is 32.3 Å². The number of imide groups is 1. The van der Waals surface area contributed by atoms with Crippen LogP contribution in [-0.4, -0.2) is 34.6 Å². The molecule has 15 heteroatoms. The summed E-state index contributed by atoms with van der Waals surface area (Å²) in [5.41, 5.74) is -0.364. The number of benzene rings is 3. The van der Waals surface area contributed by atoms with Gasteiger partial charge in [0.25, 0.3) is 0 Å². The number of aromatic nitrogens is 1. The van der Waals surface area contributed by atoms with Crippen molar-refractivity contribution >= 4 is 75.4 Å². The van der Waals surface area contributed by atoms with E-state index in [1.807, 2.05) is 0 Å². The molecule has 3 amide bonds. The Balaban J connectivity index is 1.42. The zero-order chi connectivity index (χ0) is 32.2. The molecule has 0 radical (unpaired) electrons. The molecule has 0 spiro atoms. The van der Waals surface area contributed by atoms with Crippen molar-refractivity contribution in [3.05, 3.63) is 102 Å². The number of para-hydroxylation sites is 1. The Hall–Kier alpha value is -3.78. The Labute approximate surface area is 271 Å². The van der Waals surface area contributed by atoms with Crippen LogP contribution in [0.3, 0.4) is 0 Å². The number of halogens is 5. The summed E-state index contributed by atoms with van der Waals surface area (Å²) in [5, 5.41) is 2.38. The van der Waals surface area contributed by atoms with Crippen LogP contribution in [0.4, 0.5) is 24.5 Å². The Morgan fingerprint density at radius 3 is 2.44 bits per heavy atom. The lowest BCUT2D eigenvalue weighted by molar-refractivity contribution is -0.137. The summed E-state index contributed by atoms with van der Waals surface area (Å²) >= 11 is 13.8. The van der Waals surface area contributed by atoms with Crippen LogP contribution >= 0.6 is 46.3 Å². The van der Waals surface area contributed by atoms with Crippen LogP contribution in [0.25, 0.3) is 0 Å². The van der Waals surface area contributed by atoms with E-state index in [2.05, 4.69) is 5.32 Å². The number of fused-ring (bicyclic) bond motifs is 2. The number of amides is 3. The molecule has 1 N–H and O–H groups in total. The Morgan fingerprint density at radius 1 is 0.978 bits per heavy atom. The second kappa shape index (κ2) is 11.9. The molecule has 1 saturated heterocycles. The first kappa shape index (κ1) is 31.2. The SMILES string of the molecule is COc1ccccc1C1c2sc(=O)n(CC(=O)Nc3ccc(Cl)c(Cl)c3)c2SC2C(=O)N(c3cccc(C(F)(F)F)c3)C(=O)C21. The average molecular weight is 695 g/mol. The Morgan fingerprint density at radius 2 is 1.73 bits per heavy atom. The predicted molar refractivity (Wildman–Crippen MR) is 166 cm³/mol. The zero-order valence-corrected chi connectivity index (χ0v) is 26.1. The third-order valence-electron chi connectivity index (χ3n) is 7.46. The van der Waals surface area contributed by atoms with E-state index < -0.39 is 58.0 Å². The highest BCUT2D eigenvalue weighted by atomic mass is 35.5. The molecule has 3 atom stereocenters. The first-order valence-corrected chi connectivity index (χ1v) is 15.7. The maximum Gasteiger partial charge on any atom is 0.416 e. The number of ether oxygens (including phenoxy) is 1. The standard InChI is InChI=1S/C30H20Cl2F3N3O5S2/c1-43-20-8-3-2-7-17(20)22-23-24(27(41)38(26(23)40)16-6-4-5-14(11-16)30(33,34)35)44-28-25(22)45-29(42)37(28)13-21(39)36-15-9-10-18(31)19(32)12-15/h2-12,22-24H,13H2,1H3,(H,36,39). The van der Waals surface area contributed by atoms with E-state index in [0.29, 0.717) is 31.9 Å². The monoisotopic (exact) mass is 693 g/mol. The van der Waals surface area contributed by atoms with Gasteiger partial charge < -0.3 is 10.1 Å². The topological polar surface area (TPSA) is 97.7 Å². The molecule has 232 valence electrons. The highest BCUT2D eigenvalue weighted by Crippen LogP contribution is 2.55. The van der Waals surface area contributed by atoms with E-state index in [4.69, 9.17) is 27.9 Å². The molecule has 4 aromatic rings. The first-order chi connectivity index (χ1) is 21.4. The molecule has 2 aliphatic rings. The number of carbonyl (C=O) groups is 3. The van der Waals surface area contributed by atoms with E-state index >= 15 is 0 Å². The van der Waals surface area contributed by atoms with Gasteiger partial charge in [-0.05, 0) is 42.5 Å². The maximum absolute atomic E-state index is 14.0. The number of methoxy groups -OCH3 is 1. The number of thiazole rings is 1. The van der Waals surface area contributed by atoms with Crippen molar-refractivity contribution in [3.63, 3.8) is 0 Å². The fraction of sp³-hybridized carbons (Fsp3) is 0.200. The number of anilines is 2. The lowest BCUT2D eigenvalue weighted by Crippen LogP contribution is -2.33.